The van der Waals surface area contributed by atoms with Crippen molar-refractivity contribution < 1.29 is 17.9 Å². The van der Waals surface area contributed by atoms with Crippen molar-refractivity contribution in [1.82, 2.24) is 29.5 Å². The molecule has 0 amide bonds. The summed E-state index contributed by atoms with van der Waals surface area (Å²) in [6, 6.07) is 13.7. The summed E-state index contributed by atoms with van der Waals surface area (Å²) in [6.45, 7) is 4.28. The maximum absolute atomic E-state index is 13.7. The predicted molar refractivity (Wildman–Crippen MR) is 152 cm³/mol. The summed E-state index contributed by atoms with van der Waals surface area (Å²) in [7, 11) is 0. The second-order valence-electron chi connectivity index (χ2n) is 11.0. The number of halogens is 4. The van der Waals surface area contributed by atoms with Crippen LogP contribution in [0.1, 0.15) is 35.5 Å². The van der Waals surface area contributed by atoms with E-state index in [2.05, 4.69) is 32.2 Å². The highest BCUT2D eigenvalue weighted by Gasteiger charge is 2.54. The highest BCUT2D eigenvalue weighted by molar-refractivity contribution is 6.31. The number of ether oxygens (including phenoxy) is 1. The molecule has 1 fully saturated rings. The molecule has 1 aliphatic carbocycles. The number of hydrogen-bond donors (Lipinski definition) is 2. The monoisotopic (exact) mass is 603 g/mol. The summed E-state index contributed by atoms with van der Waals surface area (Å²) in [4.78, 5) is 21.7. The van der Waals surface area contributed by atoms with Gasteiger partial charge in [0.25, 0.3) is 5.56 Å². The number of pyridine rings is 1. The highest BCUT2D eigenvalue weighted by atomic mass is 35.5. The Kier molecular flexibility index (Phi) is 5.45. The number of aromatic nitrogens is 6. The van der Waals surface area contributed by atoms with E-state index in [1.807, 2.05) is 24.3 Å². The number of fused-ring (bicyclic) bond motifs is 4. The number of H-pyrrole nitrogens is 1. The molecule has 3 unspecified atom stereocenters. The van der Waals surface area contributed by atoms with E-state index in [9.17, 15) is 18.0 Å². The minimum atomic E-state index is -4.64. The second kappa shape index (κ2) is 9.08. The molecule has 13 heteroatoms. The summed E-state index contributed by atoms with van der Waals surface area (Å²) in [5, 5.41) is 10.5. The second-order valence-corrected chi connectivity index (χ2v) is 11.4. The molecule has 5 heterocycles. The number of hydrogen-bond acceptors (Lipinski definition) is 6. The molecule has 1 saturated carbocycles. The summed E-state index contributed by atoms with van der Waals surface area (Å²) >= 11 is 6.29. The Bertz CT molecular complexity index is 2030. The predicted octanol–water partition coefficient (Wildman–Crippen LogP) is 6.18. The van der Waals surface area contributed by atoms with Crippen LogP contribution in [-0.4, -0.2) is 36.1 Å². The Hall–Kier alpha value is -4.84. The fraction of sp³-hybridized carbons (Fsp3) is 0.200. The van der Waals surface area contributed by atoms with Gasteiger partial charge >= 0.3 is 6.18 Å². The lowest BCUT2D eigenvalue weighted by Crippen LogP contribution is -2.26. The number of benzene rings is 2. The van der Waals surface area contributed by atoms with Gasteiger partial charge in [-0.05, 0) is 60.4 Å². The lowest BCUT2D eigenvalue weighted by Gasteiger charge is -2.21. The highest BCUT2D eigenvalue weighted by Crippen LogP contribution is 2.60. The SMILES string of the molecule is C=C1COc2cc(-c3ncc(C4C5CC5c5cc(-c6cc(Cl)ccc6-n6cc(C(F)(F)F)nn6)cc(=O)n54)[nH]3)ccc2N1. The van der Waals surface area contributed by atoms with Gasteiger partial charge in [0.1, 0.15) is 18.2 Å². The van der Waals surface area contributed by atoms with Crippen molar-refractivity contribution in [2.24, 2.45) is 5.92 Å². The first-order valence-electron chi connectivity index (χ1n) is 13.5. The van der Waals surface area contributed by atoms with Crippen LogP contribution in [-0.2, 0) is 6.18 Å². The molecule has 2 aliphatic heterocycles. The van der Waals surface area contributed by atoms with Crippen LogP contribution in [0.5, 0.6) is 5.75 Å². The van der Waals surface area contributed by atoms with Crippen LogP contribution in [0.4, 0.5) is 18.9 Å². The average Bonchev–Trinajstić information content (AvgIpc) is 3.30. The Balaban J connectivity index is 1.15. The van der Waals surface area contributed by atoms with Gasteiger partial charge in [-0.2, -0.15) is 13.2 Å². The number of anilines is 1. The number of nitrogens with one attached hydrogen (secondary N) is 2. The number of nitrogens with zero attached hydrogens (tertiary/aromatic N) is 5. The van der Waals surface area contributed by atoms with Crippen LogP contribution in [0.15, 0.2) is 78.0 Å². The van der Waals surface area contributed by atoms with E-state index in [0.717, 1.165) is 45.6 Å². The molecule has 2 N–H and O–H groups in total. The molecule has 9 nitrogen and oxygen atoms in total. The lowest BCUT2D eigenvalue weighted by atomic mass is 10.0. The molecular weight excluding hydrogens is 583 g/mol. The van der Waals surface area contributed by atoms with E-state index in [4.69, 9.17) is 16.3 Å². The first kappa shape index (κ1) is 25.8. The van der Waals surface area contributed by atoms with Gasteiger partial charge in [0, 0.05) is 39.5 Å². The molecule has 3 aromatic heterocycles. The fourth-order valence-corrected chi connectivity index (χ4v) is 6.34. The summed E-state index contributed by atoms with van der Waals surface area (Å²) in [5.41, 5.74) is 4.16. The van der Waals surface area contributed by atoms with E-state index in [1.54, 1.807) is 29.0 Å². The van der Waals surface area contributed by atoms with Crippen LogP contribution in [0, 0.1) is 5.92 Å². The van der Waals surface area contributed by atoms with Crippen molar-refractivity contribution in [3.63, 3.8) is 0 Å². The lowest BCUT2D eigenvalue weighted by molar-refractivity contribution is -0.141. The molecular formula is C30H21ClF3N7O2. The normalized spacial score (nSPS) is 20.2. The molecule has 3 atom stereocenters. The van der Waals surface area contributed by atoms with Crippen molar-refractivity contribution in [3.8, 4) is 34.0 Å². The Morgan fingerprint density at radius 1 is 1.09 bits per heavy atom. The van der Waals surface area contributed by atoms with Crippen LogP contribution < -0.4 is 15.6 Å². The third-order valence-corrected chi connectivity index (χ3v) is 8.42. The topological polar surface area (TPSA) is 103 Å². The summed E-state index contributed by atoms with van der Waals surface area (Å²) in [5.74, 6) is 1.77. The van der Waals surface area contributed by atoms with Crippen molar-refractivity contribution in [2.75, 3.05) is 11.9 Å². The quantitative estimate of drug-likeness (QED) is 0.254. The molecule has 216 valence electrons. The van der Waals surface area contributed by atoms with E-state index in [0.29, 0.717) is 40.0 Å². The zero-order chi connectivity index (χ0) is 29.6. The van der Waals surface area contributed by atoms with Gasteiger partial charge in [-0.3, -0.25) is 4.79 Å². The molecule has 0 radical (unpaired) electrons. The largest absolute Gasteiger partial charge is 0.485 e. The van der Waals surface area contributed by atoms with E-state index >= 15 is 0 Å². The first-order valence-corrected chi connectivity index (χ1v) is 13.8. The summed E-state index contributed by atoms with van der Waals surface area (Å²) < 4.78 is 48.2. The summed E-state index contributed by atoms with van der Waals surface area (Å²) in [6.07, 6.45) is -1.15. The molecule has 43 heavy (non-hydrogen) atoms. The molecule has 0 spiro atoms. The Labute approximate surface area is 246 Å². The number of alkyl halides is 3. The standard InChI is InChI=1S/C30H21ClF3N7O2/c1-14-13-43-25-7-15(2-4-21(25)36-14)29-35-11-22(37-29)28-20-10-19(20)24-6-16(8-27(42)41(24)28)18-9-17(31)3-5-23(18)40-12-26(38-39-40)30(32,33)34/h2-9,11-12,19-20,28,36H,1,10,13H2,(H,35,37). The van der Waals surface area contributed by atoms with Crippen LogP contribution in [0.25, 0.3) is 28.2 Å². The molecule has 2 aromatic carbocycles. The number of imidazole rings is 1. The van der Waals surface area contributed by atoms with Gasteiger partial charge in [-0.25, -0.2) is 9.67 Å². The smallest absolute Gasteiger partial charge is 0.436 e. The van der Waals surface area contributed by atoms with Crippen LogP contribution in [0.3, 0.4) is 0 Å². The molecule has 8 rings (SSSR count). The minimum absolute atomic E-state index is 0.173. The molecule has 0 saturated heterocycles. The van der Waals surface area contributed by atoms with Gasteiger partial charge in [-0.1, -0.05) is 23.4 Å². The Morgan fingerprint density at radius 3 is 2.77 bits per heavy atom. The average molecular weight is 604 g/mol. The Morgan fingerprint density at radius 2 is 1.95 bits per heavy atom. The molecule has 3 aliphatic rings. The zero-order valence-corrected chi connectivity index (χ0v) is 22.9. The maximum Gasteiger partial charge on any atom is 0.436 e. The maximum atomic E-state index is 13.7. The van der Waals surface area contributed by atoms with E-state index < -0.39 is 11.9 Å². The van der Waals surface area contributed by atoms with Crippen molar-refractivity contribution in [3.05, 3.63) is 106 Å². The number of rotatable bonds is 4. The van der Waals surface area contributed by atoms with Gasteiger partial charge in [-0.15, -0.1) is 5.10 Å². The van der Waals surface area contributed by atoms with Crippen LogP contribution >= 0.6 is 11.6 Å². The zero-order valence-electron chi connectivity index (χ0n) is 22.2. The minimum Gasteiger partial charge on any atom is -0.485 e. The van der Waals surface area contributed by atoms with Crippen LogP contribution in [0.2, 0.25) is 5.02 Å². The van der Waals surface area contributed by atoms with Crippen molar-refractivity contribution in [2.45, 2.75) is 24.6 Å². The van der Waals surface area contributed by atoms with Gasteiger partial charge in [0.05, 0.1) is 35.5 Å². The molecule has 5 aromatic rings. The fourth-order valence-electron chi connectivity index (χ4n) is 6.17. The van der Waals surface area contributed by atoms with Gasteiger partial charge < -0.3 is 19.6 Å². The third kappa shape index (κ3) is 4.23. The van der Waals surface area contributed by atoms with Gasteiger partial charge in [0.15, 0.2) is 5.69 Å². The van der Waals surface area contributed by atoms with E-state index in [-0.39, 0.29) is 23.4 Å². The number of aromatic amines is 1. The molecule has 0 bridgehead atoms. The van der Waals surface area contributed by atoms with Crippen molar-refractivity contribution in [1.29, 1.82) is 0 Å². The third-order valence-electron chi connectivity index (χ3n) is 8.18. The van der Waals surface area contributed by atoms with Gasteiger partial charge in [0.2, 0.25) is 0 Å². The van der Waals surface area contributed by atoms with E-state index in [1.165, 1.54) is 6.07 Å². The first-order chi connectivity index (χ1) is 20.6. The van der Waals surface area contributed by atoms with Crippen molar-refractivity contribution >= 4 is 17.3 Å².